The molecular weight excluding hydrogens is 260 g/mol. The van der Waals surface area contributed by atoms with E-state index < -0.39 is 0 Å². The first-order valence-electron chi connectivity index (χ1n) is 7.24. The predicted octanol–water partition coefficient (Wildman–Crippen LogP) is 1.57. The van der Waals surface area contributed by atoms with E-state index in [1.165, 1.54) is 5.56 Å². The largest absolute Gasteiger partial charge is 0.341 e. The smallest absolute Gasteiger partial charge is 0.137 e. The van der Waals surface area contributed by atoms with Crippen molar-refractivity contribution in [1.29, 1.82) is 0 Å². The minimum Gasteiger partial charge on any atom is -0.341 e. The second kappa shape index (κ2) is 6.81. The van der Waals surface area contributed by atoms with E-state index in [4.69, 9.17) is 0 Å². The van der Waals surface area contributed by atoms with Gasteiger partial charge in [-0.25, -0.2) is 0 Å². The van der Waals surface area contributed by atoms with Gasteiger partial charge in [0.05, 0.1) is 18.4 Å². The molecule has 0 saturated carbocycles. The number of hydrogen-bond donors (Lipinski definition) is 1. The molecule has 3 rings (SSSR count). The Balaban J connectivity index is 1.49. The molecule has 0 bridgehead atoms. The van der Waals surface area contributed by atoms with Crippen LogP contribution in [-0.4, -0.2) is 21.5 Å². The summed E-state index contributed by atoms with van der Waals surface area (Å²) >= 11 is 0. The fourth-order valence-electron chi connectivity index (χ4n) is 2.24. The first-order valence-corrected chi connectivity index (χ1v) is 7.24. The Morgan fingerprint density at radius 1 is 0.905 bits per heavy atom. The fraction of sp³-hybridized carbons (Fsp3) is 0.176. The molecule has 4 nitrogen and oxygen atoms in total. The molecule has 4 heteroatoms. The van der Waals surface area contributed by atoms with Gasteiger partial charge in [0.2, 0.25) is 0 Å². The Morgan fingerprint density at radius 2 is 1.62 bits per heavy atom. The van der Waals surface area contributed by atoms with Gasteiger partial charge in [-0.3, -0.25) is 0 Å². The van der Waals surface area contributed by atoms with Crippen molar-refractivity contribution in [2.24, 2.45) is 0 Å². The van der Waals surface area contributed by atoms with Gasteiger partial charge in [-0.1, -0.05) is 48.5 Å². The zero-order valence-corrected chi connectivity index (χ0v) is 11.9. The molecule has 21 heavy (non-hydrogen) atoms. The second-order valence-electron chi connectivity index (χ2n) is 4.98. The van der Waals surface area contributed by atoms with Gasteiger partial charge in [0, 0.05) is 6.42 Å². The third-order valence-corrected chi connectivity index (χ3v) is 3.36. The summed E-state index contributed by atoms with van der Waals surface area (Å²) < 4.78 is 0. The summed E-state index contributed by atoms with van der Waals surface area (Å²) in [4.78, 5) is 1.68. The maximum atomic E-state index is 4.50. The van der Waals surface area contributed by atoms with E-state index in [1.54, 1.807) is 4.80 Å². The van der Waals surface area contributed by atoms with Gasteiger partial charge in [-0.2, -0.15) is 9.90 Å². The molecule has 3 aromatic rings. The molecule has 0 saturated heterocycles. The number of nitrogens with zero attached hydrogens (tertiary/aromatic N) is 3. The summed E-state index contributed by atoms with van der Waals surface area (Å²) in [7, 11) is 0. The summed E-state index contributed by atoms with van der Waals surface area (Å²) in [6.07, 6.45) is 2.92. The van der Waals surface area contributed by atoms with Crippen LogP contribution in [0.4, 0.5) is 0 Å². The molecule has 2 aromatic carbocycles. The van der Waals surface area contributed by atoms with Crippen LogP contribution in [0.15, 0.2) is 66.9 Å². The highest BCUT2D eigenvalue weighted by Gasteiger charge is 2.04. The van der Waals surface area contributed by atoms with Crippen LogP contribution in [-0.2, 0) is 13.0 Å². The molecule has 106 valence electrons. The van der Waals surface area contributed by atoms with Crippen LogP contribution in [0, 0.1) is 0 Å². The molecule has 0 aliphatic rings. The van der Waals surface area contributed by atoms with Crippen molar-refractivity contribution in [2.45, 2.75) is 13.0 Å². The minimum absolute atomic E-state index is 0.861. The van der Waals surface area contributed by atoms with Crippen molar-refractivity contribution in [1.82, 2.24) is 15.0 Å². The molecular formula is C17H19N4+. The second-order valence-corrected chi connectivity index (χ2v) is 4.98. The standard InChI is InChI=1S/C17H18N4/c1-3-7-15(8-4-1)11-12-18-13-16-14-19-21(20-16)17-9-5-2-6-10-17/h1-10,14,18H,11-13H2/p+1. The molecule has 0 amide bonds. The number of quaternary nitrogens is 1. The van der Waals surface area contributed by atoms with Crippen molar-refractivity contribution in [2.75, 3.05) is 6.54 Å². The summed E-state index contributed by atoms with van der Waals surface area (Å²) in [5.41, 5.74) is 3.38. The van der Waals surface area contributed by atoms with E-state index in [9.17, 15) is 0 Å². The zero-order valence-electron chi connectivity index (χ0n) is 11.9. The normalized spacial score (nSPS) is 10.7. The zero-order chi connectivity index (χ0) is 14.3. The van der Waals surface area contributed by atoms with E-state index in [-0.39, 0.29) is 0 Å². The quantitative estimate of drug-likeness (QED) is 0.696. The van der Waals surface area contributed by atoms with Crippen LogP contribution >= 0.6 is 0 Å². The van der Waals surface area contributed by atoms with Gasteiger partial charge < -0.3 is 5.32 Å². The Kier molecular flexibility index (Phi) is 4.39. The van der Waals surface area contributed by atoms with Crippen LogP contribution in [0.1, 0.15) is 11.3 Å². The Labute approximate surface area is 124 Å². The van der Waals surface area contributed by atoms with Crippen LogP contribution < -0.4 is 5.32 Å². The van der Waals surface area contributed by atoms with Crippen molar-refractivity contribution in [3.8, 4) is 5.69 Å². The lowest BCUT2D eigenvalue weighted by Gasteiger charge is -2.00. The maximum absolute atomic E-state index is 4.50. The third kappa shape index (κ3) is 3.77. The van der Waals surface area contributed by atoms with Crippen molar-refractivity contribution in [3.63, 3.8) is 0 Å². The molecule has 0 fully saturated rings. The van der Waals surface area contributed by atoms with Crippen molar-refractivity contribution >= 4 is 0 Å². The lowest BCUT2D eigenvalue weighted by molar-refractivity contribution is -0.670. The number of benzene rings is 2. The number of para-hydroxylation sites is 1. The number of aromatic nitrogens is 3. The molecule has 0 unspecified atom stereocenters. The first-order chi connectivity index (χ1) is 10.4. The van der Waals surface area contributed by atoms with Gasteiger partial charge >= 0.3 is 0 Å². The van der Waals surface area contributed by atoms with E-state index in [0.717, 1.165) is 30.9 Å². The Hall–Kier alpha value is -2.46. The summed E-state index contributed by atoms with van der Waals surface area (Å²) in [6.45, 7) is 1.92. The average Bonchev–Trinajstić information content (AvgIpc) is 3.02. The van der Waals surface area contributed by atoms with Crippen LogP contribution in [0.3, 0.4) is 0 Å². The monoisotopic (exact) mass is 279 g/mol. The van der Waals surface area contributed by atoms with Crippen molar-refractivity contribution in [3.05, 3.63) is 78.1 Å². The average molecular weight is 279 g/mol. The molecule has 2 N–H and O–H groups in total. The molecule has 1 aromatic heterocycles. The van der Waals surface area contributed by atoms with E-state index in [0.29, 0.717) is 0 Å². The Bertz CT molecular complexity index is 662. The van der Waals surface area contributed by atoms with Gasteiger partial charge in [-0.15, -0.1) is 5.10 Å². The number of rotatable bonds is 6. The lowest BCUT2D eigenvalue weighted by atomic mass is 10.1. The van der Waals surface area contributed by atoms with E-state index in [2.05, 4.69) is 45.8 Å². The number of nitrogens with two attached hydrogens (primary N) is 1. The minimum atomic E-state index is 0.861. The van der Waals surface area contributed by atoms with Gasteiger partial charge in [-0.05, 0) is 17.7 Å². The molecule has 0 spiro atoms. The molecule has 1 heterocycles. The SMILES string of the molecule is c1ccc(CC[NH2+]Cc2cnn(-c3ccccc3)n2)cc1. The Morgan fingerprint density at radius 3 is 2.38 bits per heavy atom. The molecule has 0 atom stereocenters. The molecule has 0 radical (unpaired) electrons. The highest BCUT2D eigenvalue weighted by molar-refractivity contribution is 5.28. The topological polar surface area (TPSA) is 47.3 Å². The van der Waals surface area contributed by atoms with E-state index >= 15 is 0 Å². The molecule has 0 aliphatic carbocycles. The van der Waals surface area contributed by atoms with Gasteiger partial charge in [0.1, 0.15) is 12.2 Å². The van der Waals surface area contributed by atoms with Crippen LogP contribution in [0.2, 0.25) is 0 Å². The highest BCUT2D eigenvalue weighted by atomic mass is 15.5. The first kappa shape index (κ1) is 13.5. The van der Waals surface area contributed by atoms with Gasteiger partial charge in [0.25, 0.3) is 0 Å². The maximum Gasteiger partial charge on any atom is 0.137 e. The summed E-state index contributed by atoms with van der Waals surface area (Å²) in [6, 6.07) is 20.5. The predicted molar refractivity (Wildman–Crippen MR) is 82.0 cm³/mol. The van der Waals surface area contributed by atoms with E-state index in [1.807, 2.05) is 36.5 Å². The van der Waals surface area contributed by atoms with Gasteiger partial charge in [0.15, 0.2) is 0 Å². The van der Waals surface area contributed by atoms with Crippen LogP contribution in [0.5, 0.6) is 0 Å². The lowest BCUT2D eigenvalue weighted by Crippen LogP contribution is -2.83. The highest BCUT2D eigenvalue weighted by Crippen LogP contribution is 2.03. The number of hydrogen-bond acceptors (Lipinski definition) is 2. The summed E-state index contributed by atoms with van der Waals surface area (Å²) in [5, 5.41) is 11.1. The van der Waals surface area contributed by atoms with Crippen LogP contribution in [0.25, 0.3) is 5.69 Å². The molecule has 0 aliphatic heterocycles. The summed E-state index contributed by atoms with van der Waals surface area (Å²) in [5.74, 6) is 0. The fourth-order valence-corrected chi connectivity index (χ4v) is 2.24. The van der Waals surface area contributed by atoms with Crippen molar-refractivity contribution < 1.29 is 5.32 Å². The third-order valence-electron chi connectivity index (χ3n) is 3.36.